The fourth-order valence-electron chi connectivity index (χ4n) is 2.97. The summed E-state index contributed by atoms with van der Waals surface area (Å²) in [5.41, 5.74) is 3.36. The minimum atomic E-state index is -0.538. The Hall–Kier alpha value is -2.47. The van der Waals surface area contributed by atoms with E-state index in [2.05, 4.69) is 30.4 Å². The largest absolute Gasteiger partial charge is 0.497 e. The summed E-state index contributed by atoms with van der Waals surface area (Å²) in [5, 5.41) is 2.81. The lowest BCUT2D eigenvalue weighted by Crippen LogP contribution is -2.48. The number of methoxy groups -OCH3 is 1. The van der Waals surface area contributed by atoms with Gasteiger partial charge < -0.3 is 15.0 Å². The molecule has 0 radical (unpaired) electrons. The molecule has 2 aromatic rings. The highest BCUT2D eigenvalue weighted by Gasteiger charge is 2.25. The number of carbonyl (C=O) groups is 2. The van der Waals surface area contributed by atoms with Crippen LogP contribution in [-0.4, -0.2) is 42.2 Å². The number of hydrogen-bond acceptors (Lipinski definition) is 4. The normalized spacial score (nSPS) is 11.6. The van der Waals surface area contributed by atoms with Crippen molar-refractivity contribution in [1.82, 2.24) is 10.2 Å². The van der Waals surface area contributed by atoms with E-state index < -0.39 is 6.04 Å². The number of thioether (sulfide) groups is 1. The number of aryl methyl sites for hydroxylation is 1. The summed E-state index contributed by atoms with van der Waals surface area (Å²) in [7, 11) is 1.62. The van der Waals surface area contributed by atoms with Gasteiger partial charge in [-0.1, -0.05) is 42.0 Å². The molecule has 1 atom stereocenters. The number of carbonyl (C=O) groups excluding carboxylic acids is 2. The van der Waals surface area contributed by atoms with E-state index in [0.717, 1.165) is 17.1 Å². The Morgan fingerprint density at radius 2 is 1.86 bits per heavy atom. The molecule has 0 heterocycles. The third-order valence-electron chi connectivity index (χ3n) is 4.61. The second-order valence-electron chi connectivity index (χ2n) is 6.92. The van der Waals surface area contributed by atoms with E-state index in [1.165, 1.54) is 11.1 Å². The quantitative estimate of drug-likeness (QED) is 0.643. The molecule has 29 heavy (non-hydrogen) atoms. The maximum atomic E-state index is 13.0. The molecule has 1 N–H and O–H groups in total. The van der Waals surface area contributed by atoms with Crippen molar-refractivity contribution in [3.05, 3.63) is 65.2 Å². The summed E-state index contributed by atoms with van der Waals surface area (Å²) in [6.07, 6.45) is 0. The predicted octanol–water partition coefficient (Wildman–Crippen LogP) is 3.79. The first kappa shape index (κ1) is 22.8. The highest BCUT2D eigenvalue weighted by Crippen LogP contribution is 2.18. The van der Waals surface area contributed by atoms with Gasteiger partial charge in [-0.05, 0) is 44.0 Å². The van der Waals surface area contributed by atoms with Crippen LogP contribution < -0.4 is 10.1 Å². The van der Waals surface area contributed by atoms with Gasteiger partial charge in [-0.25, -0.2) is 0 Å². The number of amides is 2. The molecule has 2 aromatic carbocycles. The van der Waals surface area contributed by atoms with Gasteiger partial charge in [0.1, 0.15) is 11.8 Å². The number of benzene rings is 2. The summed E-state index contributed by atoms with van der Waals surface area (Å²) in [5.74, 6) is 1.67. The Bertz CT molecular complexity index is 808. The molecule has 0 aliphatic heterocycles. The molecular weight excluding hydrogens is 384 g/mol. The highest BCUT2D eigenvalue weighted by atomic mass is 32.2. The molecule has 0 fully saturated rings. The molecule has 2 amide bonds. The Labute approximate surface area is 177 Å². The number of rotatable bonds is 10. The fraction of sp³-hybridized carbons (Fsp3) is 0.391. The Morgan fingerprint density at radius 1 is 1.14 bits per heavy atom. The van der Waals surface area contributed by atoms with Gasteiger partial charge in [-0.2, -0.15) is 0 Å². The number of nitrogens with one attached hydrogen (secondary N) is 1. The second kappa shape index (κ2) is 11.5. The average Bonchev–Trinajstić information content (AvgIpc) is 2.72. The molecule has 0 saturated carbocycles. The van der Waals surface area contributed by atoms with Crippen molar-refractivity contribution >= 4 is 23.6 Å². The van der Waals surface area contributed by atoms with Gasteiger partial charge in [0.05, 0.1) is 12.9 Å². The first-order valence-corrected chi connectivity index (χ1v) is 10.9. The van der Waals surface area contributed by atoms with Gasteiger partial charge in [-0.3, -0.25) is 9.59 Å². The molecule has 1 unspecified atom stereocenters. The van der Waals surface area contributed by atoms with Crippen LogP contribution in [0.1, 0.15) is 30.5 Å². The fourth-order valence-corrected chi connectivity index (χ4v) is 3.83. The van der Waals surface area contributed by atoms with E-state index >= 15 is 0 Å². The number of ether oxygens (including phenoxy) is 1. The zero-order valence-electron chi connectivity index (χ0n) is 17.6. The minimum Gasteiger partial charge on any atom is -0.497 e. The van der Waals surface area contributed by atoms with Crippen LogP contribution in [0.2, 0.25) is 0 Å². The van der Waals surface area contributed by atoms with Gasteiger partial charge in [0.2, 0.25) is 11.8 Å². The lowest BCUT2D eigenvalue weighted by molar-refractivity contribution is -0.138. The first-order valence-electron chi connectivity index (χ1n) is 9.78. The third-order valence-corrected chi connectivity index (χ3v) is 5.60. The van der Waals surface area contributed by atoms with E-state index in [1.54, 1.807) is 30.7 Å². The Kier molecular flexibility index (Phi) is 9.06. The maximum Gasteiger partial charge on any atom is 0.242 e. The van der Waals surface area contributed by atoms with Crippen LogP contribution in [0.15, 0.2) is 48.5 Å². The van der Waals surface area contributed by atoms with Crippen LogP contribution in [0, 0.1) is 6.92 Å². The van der Waals surface area contributed by atoms with E-state index in [1.807, 2.05) is 37.3 Å². The van der Waals surface area contributed by atoms with Crippen molar-refractivity contribution in [2.45, 2.75) is 39.1 Å². The average molecular weight is 415 g/mol. The molecule has 0 aliphatic rings. The van der Waals surface area contributed by atoms with Gasteiger partial charge in [0.15, 0.2) is 0 Å². The molecule has 0 aromatic heterocycles. The van der Waals surface area contributed by atoms with Crippen LogP contribution in [0.5, 0.6) is 5.75 Å². The predicted molar refractivity (Wildman–Crippen MR) is 119 cm³/mol. The van der Waals surface area contributed by atoms with Gasteiger partial charge >= 0.3 is 0 Å². The van der Waals surface area contributed by atoms with Crippen LogP contribution in [0.25, 0.3) is 0 Å². The number of nitrogens with zero attached hydrogens (tertiary/aromatic N) is 1. The summed E-state index contributed by atoms with van der Waals surface area (Å²) in [6, 6.07) is 15.3. The minimum absolute atomic E-state index is 0.0442. The van der Waals surface area contributed by atoms with Crippen molar-refractivity contribution in [2.75, 3.05) is 19.4 Å². The van der Waals surface area contributed by atoms with Crippen LogP contribution in [0.4, 0.5) is 0 Å². The topological polar surface area (TPSA) is 58.6 Å². The third kappa shape index (κ3) is 7.13. The number of hydrogen-bond donors (Lipinski definition) is 1. The molecule has 0 aliphatic carbocycles. The smallest absolute Gasteiger partial charge is 0.242 e. The maximum absolute atomic E-state index is 13.0. The van der Waals surface area contributed by atoms with Crippen molar-refractivity contribution in [3.8, 4) is 5.75 Å². The van der Waals surface area contributed by atoms with Crippen LogP contribution in [-0.2, 0) is 21.9 Å². The molecule has 0 bridgehead atoms. The van der Waals surface area contributed by atoms with E-state index in [9.17, 15) is 9.59 Å². The monoisotopic (exact) mass is 414 g/mol. The summed E-state index contributed by atoms with van der Waals surface area (Å²) in [6.45, 7) is 6.63. The van der Waals surface area contributed by atoms with Gasteiger partial charge in [0, 0.05) is 18.8 Å². The standard InChI is InChI=1S/C23H30N2O3S/c1-5-24-23(27)18(3)25(14-19-9-11-21(28-4)12-10-19)22(26)16-29-15-20-8-6-7-17(2)13-20/h6-13,18H,5,14-16H2,1-4H3,(H,24,27). The zero-order chi connectivity index (χ0) is 21.2. The van der Waals surface area contributed by atoms with Gasteiger partial charge in [-0.15, -0.1) is 11.8 Å². The highest BCUT2D eigenvalue weighted by molar-refractivity contribution is 7.99. The summed E-state index contributed by atoms with van der Waals surface area (Å²) < 4.78 is 5.19. The molecule has 2 rings (SSSR count). The van der Waals surface area contributed by atoms with Gasteiger partial charge in [0.25, 0.3) is 0 Å². The van der Waals surface area contributed by atoms with Crippen molar-refractivity contribution in [3.63, 3.8) is 0 Å². The first-order chi connectivity index (χ1) is 13.9. The van der Waals surface area contributed by atoms with Crippen molar-refractivity contribution in [1.29, 1.82) is 0 Å². The van der Waals surface area contributed by atoms with Crippen molar-refractivity contribution < 1.29 is 14.3 Å². The summed E-state index contributed by atoms with van der Waals surface area (Å²) in [4.78, 5) is 27.0. The lowest BCUT2D eigenvalue weighted by atomic mass is 10.1. The molecule has 6 heteroatoms. The molecule has 156 valence electrons. The summed E-state index contributed by atoms with van der Waals surface area (Å²) >= 11 is 1.57. The molecule has 0 saturated heterocycles. The SMILES string of the molecule is CCNC(=O)C(C)N(Cc1ccc(OC)cc1)C(=O)CSCc1cccc(C)c1. The molecule has 0 spiro atoms. The Morgan fingerprint density at radius 3 is 2.48 bits per heavy atom. The Balaban J connectivity index is 2.05. The van der Waals surface area contributed by atoms with E-state index in [-0.39, 0.29) is 11.8 Å². The second-order valence-corrected chi connectivity index (χ2v) is 7.91. The van der Waals surface area contributed by atoms with Crippen LogP contribution >= 0.6 is 11.8 Å². The molecular formula is C23H30N2O3S. The van der Waals surface area contributed by atoms with E-state index in [4.69, 9.17) is 4.74 Å². The number of likely N-dealkylation sites (N-methyl/N-ethyl adjacent to an activating group) is 1. The van der Waals surface area contributed by atoms with Crippen molar-refractivity contribution in [2.24, 2.45) is 0 Å². The lowest BCUT2D eigenvalue weighted by Gasteiger charge is -2.28. The van der Waals surface area contributed by atoms with E-state index in [0.29, 0.717) is 18.8 Å². The van der Waals surface area contributed by atoms with Crippen LogP contribution in [0.3, 0.4) is 0 Å². The zero-order valence-corrected chi connectivity index (χ0v) is 18.4. The molecule has 5 nitrogen and oxygen atoms in total.